The minimum atomic E-state index is -0.517. The van der Waals surface area contributed by atoms with E-state index in [1.165, 1.54) is 18.2 Å². The van der Waals surface area contributed by atoms with Gasteiger partial charge >= 0.3 is 0 Å². The highest BCUT2D eigenvalue weighted by atomic mass is 35.5. The fraction of sp³-hybridized carbons (Fsp3) is 0.231. The molecule has 0 aliphatic heterocycles. The lowest BCUT2D eigenvalue weighted by Gasteiger charge is -2.08. The van der Waals surface area contributed by atoms with Gasteiger partial charge in [-0.1, -0.05) is 11.6 Å². The summed E-state index contributed by atoms with van der Waals surface area (Å²) in [7, 11) is 0. The van der Waals surface area contributed by atoms with E-state index in [1.807, 2.05) is 13.8 Å². The van der Waals surface area contributed by atoms with Crippen LogP contribution in [0.15, 0.2) is 24.5 Å². The van der Waals surface area contributed by atoms with Crippen LogP contribution in [0.3, 0.4) is 0 Å². The summed E-state index contributed by atoms with van der Waals surface area (Å²) in [6.45, 7) is 3.81. The van der Waals surface area contributed by atoms with Gasteiger partial charge in [0.2, 0.25) is 5.91 Å². The maximum atomic E-state index is 13.5. The number of nitrogens with zero attached hydrogens (tertiary/aromatic N) is 2. The van der Waals surface area contributed by atoms with E-state index in [0.717, 1.165) is 11.4 Å². The Morgan fingerprint density at radius 3 is 2.84 bits per heavy atom. The first-order valence-corrected chi connectivity index (χ1v) is 6.08. The number of hydrogen-bond acceptors (Lipinski definition) is 2. The first-order chi connectivity index (χ1) is 8.97. The van der Waals surface area contributed by atoms with Crippen molar-refractivity contribution in [1.29, 1.82) is 0 Å². The molecule has 1 aromatic heterocycles. The molecular formula is C13H13ClFN3O. The normalized spacial score (nSPS) is 10.5. The van der Waals surface area contributed by atoms with Crippen LogP contribution in [0, 0.1) is 19.7 Å². The van der Waals surface area contributed by atoms with E-state index < -0.39 is 5.82 Å². The lowest BCUT2D eigenvalue weighted by molar-refractivity contribution is -0.116. The topological polar surface area (TPSA) is 46.9 Å². The van der Waals surface area contributed by atoms with Gasteiger partial charge in [0.1, 0.15) is 12.4 Å². The fourth-order valence-corrected chi connectivity index (χ4v) is 1.81. The zero-order valence-corrected chi connectivity index (χ0v) is 11.3. The average molecular weight is 282 g/mol. The van der Waals surface area contributed by atoms with Crippen LogP contribution in [0.5, 0.6) is 0 Å². The number of carbonyl (C=O) groups excluding carboxylic acids is 1. The Labute approximate surface area is 115 Å². The van der Waals surface area contributed by atoms with Crippen LogP contribution in [0.25, 0.3) is 0 Å². The van der Waals surface area contributed by atoms with Crippen LogP contribution in [-0.4, -0.2) is 15.5 Å². The summed E-state index contributed by atoms with van der Waals surface area (Å²) < 4.78 is 15.2. The van der Waals surface area contributed by atoms with Crippen LogP contribution < -0.4 is 5.32 Å². The van der Waals surface area contributed by atoms with Crippen molar-refractivity contribution < 1.29 is 9.18 Å². The molecule has 6 heteroatoms. The van der Waals surface area contributed by atoms with Crippen LogP contribution in [0.4, 0.5) is 10.1 Å². The molecule has 1 N–H and O–H groups in total. The standard InChI is InChI=1S/C13H13ClFN3O/c1-8-9(2)18(7-16-8)6-13(19)17-12-5-10(14)3-4-11(12)15/h3-5,7H,6H2,1-2H3,(H,17,19). The van der Waals surface area contributed by atoms with Gasteiger partial charge < -0.3 is 9.88 Å². The van der Waals surface area contributed by atoms with Gasteiger partial charge in [-0.05, 0) is 32.0 Å². The highest BCUT2D eigenvalue weighted by molar-refractivity contribution is 6.30. The minimum Gasteiger partial charge on any atom is -0.325 e. The second kappa shape index (κ2) is 5.40. The maximum absolute atomic E-state index is 13.5. The van der Waals surface area contributed by atoms with Gasteiger partial charge in [0.15, 0.2) is 0 Å². The van der Waals surface area contributed by atoms with Crippen molar-refractivity contribution in [1.82, 2.24) is 9.55 Å². The van der Waals surface area contributed by atoms with E-state index in [-0.39, 0.29) is 18.1 Å². The maximum Gasteiger partial charge on any atom is 0.244 e. The predicted octanol–water partition coefficient (Wildman–Crippen LogP) is 2.93. The molecule has 0 fully saturated rings. The molecule has 1 aromatic carbocycles. The Kier molecular flexibility index (Phi) is 3.85. The second-order valence-electron chi connectivity index (χ2n) is 4.22. The van der Waals surface area contributed by atoms with E-state index in [2.05, 4.69) is 10.3 Å². The third-order valence-electron chi connectivity index (χ3n) is 2.86. The number of anilines is 1. The number of hydrogen-bond donors (Lipinski definition) is 1. The smallest absolute Gasteiger partial charge is 0.244 e. The molecule has 0 saturated heterocycles. The molecule has 2 aromatic rings. The summed E-state index contributed by atoms with van der Waals surface area (Å²) in [5, 5.41) is 2.86. The Bertz CT molecular complexity index is 624. The zero-order valence-electron chi connectivity index (χ0n) is 10.6. The van der Waals surface area contributed by atoms with Crippen molar-refractivity contribution >= 4 is 23.2 Å². The van der Waals surface area contributed by atoms with Crippen molar-refractivity contribution in [2.45, 2.75) is 20.4 Å². The molecule has 2 rings (SSSR count). The molecule has 0 spiro atoms. The van der Waals surface area contributed by atoms with Crippen molar-refractivity contribution in [3.05, 3.63) is 46.8 Å². The predicted molar refractivity (Wildman–Crippen MR) is 71.7 cm³/mol. The van der Waals surface area contributed by atoms with Gasteiger partial charge in [0.25, 0.3) is 0 Å². The number of halogens is 2. The molecule has 100 valence electrons. The monoisotopic (exact) mass is 281 g/mol. The molecule has 0 saturated carbocycles. The number of nitrogens with one attached hydrogen (secondary N) is 1. The number of carbonyl (C=O) groups is 1. The molecule has 1 amide bonds. The first kappa shape index (κ1) is 13.5. The number of benzene rings is 1. The molecule has 19 heavy (non-hydrogen) atoms. The van der Waals surface area contributed by atoms with Gasteiger partial charge in [-0.2, -0.15) is 0 Å². The highest BCUT2D eigenvalue weighted by Gasteiger charge is 2.10. The Morgan fingerprint density at radius 1 is 1.47 bits per heavy atom. The van der Waals surface area contributed by atoms with E-state index in [4.69, 9.17) is 11.6 Å². The molecule has 4 nitrogen and oxygen atoms in total. The number of imidazole rings is 1. The molecule has 0 bridgehead atoms. The van der Waals surface area contributed by atoms with Crippen LogP contribution in [0.2, 0.25) is 5.02 Å². The largest absolute Gasteiger partial charge is 0.325 e. The van der Waals surface area contributed by atoms with Gasteiger partial charge in [0, 0.05) is 10.7 Å². The molecule has 0 radical (unpaired) electrons. The summed E-state index contributed by atoms with van der Waals surface area (Å²) in [5.41, 5.74) is 1.84. The van der Waals surface area contributed by atoms with Crippen molar-refractivity contribution in [2.24, 2.45) is 0 Å². The van der Waals surface area contributed by atoms with Crippen LogP contribution in [0.1, 0.15) is 11.4 Å². The molecule has 0 aliphatic rings. The SMILES string of the molecule is Cc1ncn(CC(=O)Nc2cc(Cl)ccc2F)c1C. The highest BCUT2D eigenvalue weighted by Crippen LogP contribution is 2.19. The Hall–Kier alpha value is -1.88. The summed E-state index contributed by atoms with van der Waals surface area (Å²) in [6, 6.07) is 4.02. The zero-order chi connectivity index (χ0) is 14.0. The number of amides is 1. The summed E-state index contributed by atoms with van der Waals surface area (Å²) in [4.78, 5) is 15.9. The van der Waals surface area contributed by atoms with Crippen LogP contribution >= 0.6 is 11.6 Å². The summed E-state index contributed by atoms with van der Waals surface area (Å²) in [5.74, 6) is -0.849. The Balaban J connectivity index is 2.09. The molecular weight excluding hydrogens is 269 g/mol. The van der Waals surface area contributed by atoms with E-state index in [0.29, 0.717) is 5.02 Å². The quantitative estimate of drug-likeness (QED) is 0.940. The lowest BCUT2D eigenvalue weighted by atomic mass is 10.3. The number of aromatic nitrogens is 2. The van der Waals surface area contributed by atoms with E-state index >= 15 is 0 Å². The number of rotatable bonds is 3. The van der Waals surface area contributed by atoms with Gasteiger partial charge in [-0.3, -0.25) is 4.79 Å². The summed E-state index contributed by atoms with van der Waals surface area (Å²) in [6.07, 6.45) is 1.58. The van der Waals surface area contributed by atoms with Crippen molar-refractivity contribution in [2.75, 3.05) is 5.32 Å². The average Bonchev–Trinajstić information content (AvgIpc) is 2.66. The molecule has 0 aliphatic carbocycles. The second-order valence-corrected chi connectivity index (χ2v) is 4.65. The van der Waals surface area contributed by atoms with Crippen molar-refractivity contribution in [3.63, 3.8) is 0 Å². The third-order valence-corrected chi connectivity index (χ3v) is 3.10. The number of aryl methyl sites for hydroxylation is 1. The van der Waals surface area contributed by atoms with E-state index in [9.17, 15) is 9.18 Å². The molecule has 0 unspecified atom stereocenters. The fourth-order valence-electron chi connectivity index (χ4n) is 1.64. The van der Waals surface area contributed by atoms with Gasteiger partial charge in [0.05, 0.1) is 17.7 Å². The minimum absolute atomic E-state index is 0.0759. The van der Waals surface area contributed by atoms with Crippen molar-refractivity contribution in [3.8, 4) is 0 Å². The third kappa shape index (κ3) is 3.12. The van der Waals surface area contributed by atoms with Crippen LogP contribution in [-0.2, 0) is 11.3 Å². The van der Waals surface area contributed by atoms with Gasteiger partial charge in [-0.25, -0.2) is 9.37 Å². The summed E-state index contributed by atoms with van der Waals surface area (Å²) >= 11 is 5.76. The van der Waals surface area contributed by atoms with E-state index in [1.54, 1.807) is 10.9 Å². The first-order valence-electron chi connectivity index (χ1n) is 5.70. The lowest BCUT2D eigenvalue weighted by Crippen LogP contribution is -2.19. The molecule has 0 atom stereocenters. The molecule has 1 heterocycles. The van der Waals surface area contributed by atoms with Gasteiger partial charge in [-0.15, -0.1) is 0 Å². The Morgan fingerprint density at radius 2 is 2.21 bits per heavy atom.